The first kappa shape index (κ1) is 11.9. The summed E-state index contributed by atoms with van der Waals surface area (Å²) in [5, 5.41) is 12.9. The first-order valence-corrected chi connectivity index (χ1v) is 6.33. The van der Waals surface area contributed by atoms with E-state index < -0.39 is 6.10 Å². The molecule has 2 N–H and O–H groups in total. The van der Waals surface area contributed by atoms with E-state index in [4.69, 9.17) is 4.74 Å². The Balaban J connectivity index is 1.69. The minimum atomic E-state index is -0.445. The van der Waals surface area contributed by atoms with Gasteiger partial charge in [-0.3, -0.25) is 0 Å². The molecule has 0 spiro atoms. The third-order valence-electron chi connectivity index (χ3n) is 2.46. The number of aliphatic hydroxyl groups is 1. The maximum absolute atomic E-state index is 9.66. The predicted molar refractivity (Wildman–Crippen MR) is 66.7 cm³/mol. The molecule has 0 amide bonds. The lowest BCUT2D eigenvalue weighted by Crippen LogP contribution is -2.32. The van der Waals surface area contributed by atoms with Crippen LogP contribution in [0.1, 0.15) is 12.8 Å². The van der Waals surface area contributed by atoms with Crippen LogP contribution in [0.4, 0.5) is 0 Å². The van der Waals surface area contributed by atoms with Gasteiger partial charge in [-0.1, -0.05) is 22.0 Å². The zero-order valence-corrected chi connectivity index (χ0v) is 10.6. The fraction of sp³-hybridized carbons (Fsp3) is 0.500. The van der Waals surface area contributed by atoms with E-state index in [9.17, 15) is 5.11 Å². The molecule has 1 aliphatic rings. The summed E-state index contributed by atoms with van der Waals surface area (Å²) >= 11 is 3.37. The molecule has 1 atom stereocenters. The average Bonchev–Trinajstić information content (AvgIpc) is 3.07. The maximum Gasteiger partial charge on any atom is 0.120 e. The summed E-state index contributed by atoms with van der Waals surface area (Å²) in [6.45, 7) is 0.939. The van der Waals surface area contributed by atoms with Crippen LogP contribution in [0.5, 0.6) is 5.75 Å². The van der Waals surface area contributed by atoms with Crippen molar-refractivity contribution in [1.82, 2.24) is 5.32 Å². The topological polar surface area (TPSA) is 41.5 Å². The van der Waals surface area contributed by atoms with Gasteiger partial charge in [0.15, 0.2) is 0 Å². The lowest BCUT2D eigenvalue weighted by atomic mass is 10.3. The minimum Gasteiger partial charge on any atom is -0.491 e. The molecular weight excluding hydrogens is 270 g/mol. The van der Waals surface area contributed by atoms with Crippen molar-refractivity contribution in [2.45, 2.75) is 25.0 Å². The van der Waals surface area contributed by atoms with E-state index in [1.54, 1.807) is 0 Å². The van der Waals surface area contributed by atoms with Crippen molar-refractivity contribution in [3.05, 3.63) is 28.7 Å². The molecule has 3 nitrogen and oxygen atoms in total. The van der Waals surface area contributed by atoms with Gasteiger partial charge in [-0.05, 0) is 31.0 Å². The quantitative estimate of drug-likeness (QED) is 0.839. The van der Waals surface area contributed by atoms with Crippen LogP contribution in [-0.2, 0) is 0 Å². The van der Waals surface area contributed by atoms with Crippen LogP contribution in [0.3, 0.4) is 0 Å². The van der Waals surface area contributed by atoms with Crippen LogP contribution >= 0.6 is 15.9 Å². The van der Waals surface area contributed by atoms with Gasteiger partial charge in [-0.2, -0.15) is 0 Å². The standard InChI is InChI=1S/C12H16BrNO2/c13-9-2-1-3-12(6-9)16-8-11(15)7-14-10-4-5-10/h1-3,6,10-11,14-15H,4-5,7-8H2. The summed E-state index contributed by atoms with van der Waals surface area (Å²) in [6, 6.07) is 8.25. The molecule has 0 aliphatic heterocycles. The fourth-order valence-electron chi connectivity index (χ4n) is 1.40. The average molecular weight is 286 g/mol. The summed E-state index contributed by atoms with van der Waals surface area (Å²) in [4.78, 5) is 0. The predicted octanol–water partition coefficient (Wildman–Crippen LogP) is 1.94. The first-order valence-electron chi connectivity index (χ1n) is 5.54. The third kappa shape index (κ3) is 4.12. The Hall–Kier alpha value is -0.580. The van der Waals surface area contributed by atoms with Crippen molar-refractivity contribution in [1.29, 1.82) is 0 Å². The molecule has 4 heteroatoms. The zero-order chi connectivity index (χ0) is 11.4. The van der Waals surface area contributed by atoms with Crippen LogP contribution in [0.25, 0.3) is 0 Å². The van der Waals surface area contributed by atoms with Crippen molar-refractivity contribution in [3.8, 4) is 5.75 Å². The van der Waals surface area contributed by atoms with Gasteiger partial charge in [0.1, 0.15) is 18.5 Å². The zero-order valence-electron chi connectivity index (χ0n) is 9.03. The van der Waals surface area contributed by atoms with E-state index in [2.05, 4.69) is 21.2 Å². The van der Waals surface area contributed by atoms with Crippen LogP contribution in [-0.4, -0.2) is 30.4 Å². The number of nitrogens with one attached hydrogen (secondary N) is 1. The van der Waals surface area contributed by atoms with Gasteiger partial charge in [0.2, 0.25) is 0 Å². The molecular formula is C12H16BrNO2. The van der Waals surface area contributed by atoms with E-state index in [-0.39, 0.29) is 0 Å². The molecule has 0 saturated heterocycles. The number of halogens is 1. The number of benzene rings is 1. The van der Waals surface area contributed by atoms with Gasteiger partial charge < -0.3 is 15.2 Å². The van der Waals surface area contributed by atoms with Gasteiger partial charge in [-0.15, -0.1) is 0 Å². The molecule has 0 radical (unpaired) electrons. The molecule has 0 heterocycles. The Labute approximate surface area is 104 Å². The Morgan fingerprint density at radius 1 is 1.50 bits per heavy atom. The van der Waals surface area contributed by atoms with Crippen LogP contribution in [0.15, 0.2) is 28.7 Å². The monoisotopic (exact) mass is 285 g/mol. The largest absolute Gasteiger partial charge is 0.491 e. The van der Waals surface area contributed by atoms with Crippen molar-refractivity contribution in [3.63, 3.8) is 0 Å². The molecule has 1 aromatic rings. The van der Waals surface area contributed by atoms with E-state index in [1.807, 2.05) is 24.3 Å². The molecule has 2 rings (SSSR count). The van der Waals surface area contributed by atoms with Crippen molar-refractivity contribution >= 4 is 15.9 Å². The lowest BCUT2D eigenvalue weighted by molar-refractivity contribution is 0.106. The Bertz CT molecular complexity index is 342. The summed E-state index contributed by atoms with van der Waals surface area (Å²) in [6.07, 6.45) is 2.03. The molecule has 16 heavy (non-hydrogen) atoms. The Morgan fingerprint density at radius 3 is 3.00 bits per heavy atom. The normalized spacial score (nSPS) is 17.1. The molecule has 0 aromatic heterocycles. The molecule has 1 unspecified atom stereocenters. The Morgan fingerprint density at radius 2 is 2.31 bits per heavy atom. The van der Waals surface area contributed by atoms with Crippen LogP contribution in [0.2, 0.25) is 0 Å². The number of hydrogen-bond acceptors (Lipinski definition) is 3. The smallest absolute Gasteiger partial charge is 0.120 e. The van der Waals surface area contributed by atoms with E-state index in [0.29, 0.717) is 19.2 Å². The van der Waals surface area contributed by atoms with Gasteiger partial charge in [0.05, 0.1) is 0 Å². The molecule has 1 aliphatic carbocycles. The highest BCUT2D eigenvalue weighted by molar-refractivity contribution is 9.10. The Kier molecular flexibility index (Phi) is 4.21. The number of rotatable bonds is 6. The number of hydrogen-bond donors (Lipinski definition) is 2. The van der Waals surface area contributed by atoms with E-state index in [0.717, 1.165) is 10.2 Å². The van der Waals surface area contributed by atoms with Gasteiger partial charge in [-0.25, -0.2) is 0 Å². The summed E-state index contributed by atoms with van der Waals surface area (Å²) in [5.74, 6) is 0.778. The van der Waals surface area contributed by atoms with E-state index in [1.165, 1.54) is 12.8 Å². The maximum atomic E-state index is 9.66. The molecule has 0 bridgehead atoms. The second kappa shape index (κ2) is 5.66. The second-order valence-electron chi connectivity index (χ2n) is 4.10. The molecule has 88 valence electrons. The first-order chi connectivity index (χ1) is 7.74. The fourth-order valence-corrected chi connectivity index (χ4v) is 1.78. The highest BCUT2D eigenvalue weighted by atomic mass is 79.9. The minimum absolute atomic E-state index is 0.330. The van der Waals surface area contributed by atoms with Crippen molar-refractivity contribution in [2.24, 2.45) is 0 Å². The van der Waals surface area contributed by atoms with E-state index >= 15 is 0 Å². The van der Waals surface area contributed by atoms with Gasteiger partial charge in [0, 0.05) is 17.1 Å². The summed E-state index contributed by atoms with van der Waals surface area (Å²) in [5.41, 5.74) is 0. The lowest BCUT2D eigenvalue weighted by Gasteiger charge is -2.13. The van der Waals surface area contributed by atoms with Crippen molar-refractivity contribution in [2.75, 3.05) is 13.2 Å². The highest BCUT2D eigenvalue weighted by Crippen LogP contribution is 2.19. The van der Waals surface area contributed by atoms with Crippen LogP contribution in [0, 0.1) is 0 Å². The molecule has 1 fully saturated rings. The number of aliphatic hydroxyl groups excluding tert-OH is 1. The van der Waals surface area contributed by atoms with Gasteiger partial charge in [0.25, 0.3) is 0 Å². The molecule has 1 saturated carbocycles. The number of ether oxygens (including phenoxy) is 1. The summed E-state index contributed by atoms with van der Waals surface area (Å²) < 4.78 is 6.46. The van der Waals surface area contributed by atoms with Gasteiger partial charge >= 0.3 is 0 Å². The molecule has 1 aromatic carbocycles. The van der Waals surface area contributed by atoms with Crippen LogP contribution < -0.4 is 10.1 Å². The van der Waals surface area contributed by atoms with Crippen molar-refractivity contribution < 1.29 is 9.84 Å². The third-order valence-corrected chi connectivity index (χ3v) is 2.95. The second-order valence-corrected chi connectivity index (χ2v) is 5.02. The highest BCUT2D eigenvalue weighted by Gasteiger charge is 2.21. The SMILES string of the molecule is OC(CNC1CC1)COc1cccc(Br)c1. The summed E-state index contributed by atoms with van der Waals surface area (Å²) in [7, 11) is 0.